The van der Waals surface area contributed by atoms with Crippen LogP contribution in [0.5, 0.6) is 0 Å². The number of benzene rings is 3. The molecule has 5 aromatic rings. The maximum atomic E-state index is 14.5. The largest absolute Gasteiger partial charge is 0.350 e. The van der Waals surface area contributed by atoms with Crippen LogP contribution in [0.2, 0.25) is 0 Å². The van der Waals surface area contributed by atoms with Gasteiger partial charge in [-0.25, -0.2) is 8.78 Å². The van der Waals surface area contributed by atoms with E-state index in [2.05, 4.69) is 5.32 Å². The molecule has 2 aromatic heterocycles. The van der Waals surface area contributed by atoms with Crippen LogP contribution < -0.4 is 5.32 Å². The molecule has 4 unspecified atom stereocenters. The lowest BCUT2D eigenvalue weighted by Crippen LogP contribution is -2.48. The first-order chi connectivity index (χ1) is 20.9. The van der Waals surface area contributed by atoms with Crippen molar-refractivity contribution in [3.05, 3.63) is 152 Å². The standard InChI is InChI=1S/C34H26F2N2O3S2/c35-24-14-10-21(11-15-24)20-37-33(40)31-28(22-12-16-25(36)17-13-22)29(32(39)23-6-2-1-3-7-23)30(26-8-4-18-42-26)38(31)34(41)27-9-5-19-43-27/h1-19,28-31H,20H2,(H,37,40). The summed E-state index contributed by atoms with van der Waals surface area (Å²) < 4.78 is 27.7. The number of ketones is 1. The molecule has 5 nitrogen and oxygen atoms in total. The predicted molar refractivity (Wildman–Crippen MR) is 163 cm³/mol. The molecular formula is C34H26F2N2O3S2. The average Bonchev–Trinajstić information content (AvgIpc) is 3.81. The van der Waals surface area contributed by atoms with Gasteiger partial charge < -0.3 is 10.2 Å². The number of Topliss-reactive ketones (excluding diaryl/α,β-unsaturated/α-hetero) is 1. The summed E-state index contributed by atoms with van der Waals surface area (Å²) in [5, 5.41) is 6.60. The molecule has 43 heavy (non-hydrogen) atoms. The van der Waals surface area contributed by atoms with Gasteiger partial charge in [-0.3, -0.25) is 14.4 Å². The lowest BCUT2D eigenvalue weighted by atomic mass is 9.77. The lowest BCUT2D eigenvalue weighted by Gasteiger charge is -2.30. The molecule has 1 N–H and O–H groups in total. The van der Waals surface area contributed by atoms with Crippen LogP contribution in [0.15, 0.2) is 114 Å². The molecule has 1 aliphatic rings. The number of rotatable bonds is 8. The molecule has 3 heterocycles. The zero-order valence-electron chi connectivity index (χ0n) is 22.7. The molecule has 3 aromatic carbocycles. The second-order valence-corrected chi connectivity index (χ2v) is 12.2. The molecule has 6 rings (SSSR count). The number of nitrogens with one attached hydrogen (secondary N) is 1. The third-order valence-corrected chi connectivity index (χ3v) is 9.53. The van der Waals surface area contributed by atoms with Gasteiger partial charge in [0, 0.05) is 22.9 Å². The van der Waals surface area contributed by atoms with Crippen molar-refractivity contribution in [2.24, 2.45) is 5.92 Å². The Morgan fingerprint density at radius 2 is 1.40 bits per heavy atom. The second-order valence-electron chi connectivity index (χ2n) is 10.3. The highest BCUT2D eigenvalue weighted by Crippen LogP contribution is 2.52. The summed E-state index contributed by atoms with van der Waals surface area (Å²) in [5.41, 5.74) is 1.70. The van der Waals surface area contributed by atoms with Crippen LogP contribution in [0.1, 0.15) is 48.0 Å². The zero-order valence-corrected chi connectivity index (χ0v) is 24.4. The van der Waals surface area contributed by atoms with Crippen molar-refractivity contribution in [1.82, 2.24) is 10.2 Å². The van der Waals surface area contributed by atoms with Crippen LogP contribution in [-0.2, 0) is 11.3 Å². The Bertz CT molecular complexity index is 1710. The summed E-state index contributed by atoms with van der Waals surface area (Å²) in [6.07, 6.45) is 0. The molecule has 4 atom stereocenters. The van der Waals surface area contributed by atoms with Gasteiger partial charge in [-0.2, -0.15) is 0 Å². The quantitative estimate of drug-likeness (QED) is 0.188. The first-order valence-corrected chi connectivity index (χ1v) is 15.4. The molecule has 0 saturated carbocycles. The highest BCUT2D eigenvalue weighted by atomic mass is 32.1. The minimum atomic E-state index is -1.11. The maximum absolute atomic E-state index is 14.5. The monoisotopic (exact) mass is 612 g/mol. The molecule has 0 aliphatic carbocycles. The predicted octanol–water partition coefficient (Wildman–Crippen LogP) is 7.25. The van der Waals surface area contributed by atoms with Crippen molar-refractivity contribution in [1.29, 1.82) is 0 Å². The van der Waals surface area contributed by atoms with E-state index in [1.807, 2.05) is 23.6 Å². The van der Waals surface area contributed by atoms with E-state index in [0.29, 0.717) is 21.6 Å². The van der Waals surface area contributed by atoms with Gasteiger partial charge in [0.05, 0.1) is 16.8 Å². The van der Waals surface area contributed by atoms with E-state index in [1.165, 1.54) is 51.8 Å². The van der Waals surface area contributed by atoms with Gasteiger partial charge in [0.15, 0.2) is 5.78 Å². The first-order valence-electron chi connectivity index (χ1n) is 13.7. The van der Waals surface area contributed by atoms with Gasteiger partial charge in [-0.1, -0.05) is 66.7 Å². The number of thiophene rings is 2. The molecule has 0 spiro atoms. The highest BCUT2D eigenvalue weighted by molar-refractivity contribution is 7.12. The molecule has 0 radical (unpaired) electrons. The van der Waals surface area contributed by atoms with Crippen LogP contribution in [-0.4, -0.2) is 28.5 Å². The van der Waals surface area contributed by atoms with Crippen molar-refractivity contribution >= 4 is 40.3 Å². The maximum Gasteiger partial charge on any atom is 0.265 e. The summed E-state index contributed by atoms with van der Waals surface area (Å²) in [7, 11) is 0. The van der Waals surface area contributed by atoms with E-state index < -0.39 is 41.5 Å². The molecular weight excluding hydrogens is 587 g/mol. The Morgan fingerprint density at radius 3 is 2.02 bits per heavy atom. The third kappa shape index (κ3) is 5.78. The van der Waals surface area contributed by atoms with Crippen LogP contribution >= 0.6 is 22.7 Å². The van der Waals surface area contributed by atoms with Gasteiger partial charge in [0.25, 0.3) is 5.91 Å². The van der Waals surface area contributed by atoms with Crippen molar-refractivity contribution in [3.63, 3.8) is 0 Å². The van der Waals surface area contributed by atoms with Crippen molar-refractivity contribution in [2.75, 3.05) is 0 Å². The van der Waals surface area contributed by atoms with E-state index in [1.54, 1.807) is 66.0 Å². The summed E-state index contributed by atoms with van der Waals surface area (Å²) in [5.74, 6) is -3.54. The SMILES string of the molecule is O=C(c1ccccc1)C1C(c2ccc(F)cc2)C(C(=O)NCc2ccc(F)cc2)N(C(=O)c2cccs2)C1c1cccs1. The minimum absolute atomic E-state index is 0.0910. The van der Waals surface area contributed by atoms with E-state index in [-0.39, 0.29) is 18.2 Å². The first kappa shape index (κ1) is 28.6. The fraction of sp³-hybridized carbons (Fsp3) is 0.147. The molecule has 1 saturated heterocycles. The molecule has 1 fully saturated rings. The summed E-state index contributed by atoms with van der Waals surface area (Å²) in [6.45, 7) is 0.0910. The topological polar surface area (TPSA) is 66.5 Å². The Kier molecular flexibility index (Phi) is 8.26. The number of likely N-dealkylation sites (tertiary alicyclic amines) is 1. The van der Waals surface area contributed by atoms with Gasteiger partial charge in [0.2, 0.25) is 5.91 Å². The van der Waals surface area contributed by atoms with Gasteiger partial charge in [-0.15, -0.1) is 22.7 Å². The Balaban J connectivity index is 1.52. The third-order valence-electron chi connectivity index (χ3n) is 7.73. The molecule has 9 heteroatoms. The zero-order chi connectivity index (χ0) is 29.9. The van der Waals surface area contributed by atoms with E-state index in [0.717, 1.165) is 4.88 Å². The summed E-state index contributed by atoms with van der Waals surface area (Å²) in [6, 6.07) is 25.7. The highest BCUT2D eigenvalue weighted by Gasteiger charge is 2.57. The fourth-order valence-corrected chi connectivity index (χ4v) is 7.37. The van der Waals surface area contributed by atoms with E-state index in [4.69, 9.17) is 0 Å². The van der Waals surface area contributed by atoms with Crippen LogP contribution in [0, 0.1) is 17.6 Å². The fourth-order valence-electron chi connectivity index (χ4n) is 5.83. The average molecular weight is 613 g/mol. The van der Waals surface area contributed by atoms with Gasteiger partial charge in [0.1, 0.15) is 17.7 Å². The van der Waals surface area contributed by atoms with Gasteiger partial charge >= 0.3 is 0 Å². The Hall–Kier alpha value is -4.47. The molecule has 216 valence electrons. The number of amides is 2. The van der Waals surface area contributed by atoms with Crippen molar-refractivity contribution in [2.45, 2.75) is 24.5 Å². The van der Waals surface area contributed by atoms with Gasteiger partial charge in [-0.05, 0) is 58.3 Å². The summed E-state index contributed by atoms with van der Waals surface area (Å²) >= 11 is 2.67. The van der Waals surface area contributed by atoms with E-state index >= 15 is 0 Å². The molecule has 1 aliphatic heterocycles. The van der Waals surface area contributed by atoms with Crippen LogP contribution in [0.3, 0.4) is 0 Å². The van der Waals surface area contributed by atoms with Crippen LogP contribution in [0.4, 0.5) is 8.78 Å². The Morgan fingerprint density at radius 1 is 0.744 bits per heavy atom. The Labute approximate surface area is 255 Å². The summed E-state index contributed by atoms with van der Waals surface area (Å²) in [4.78, 5) is 45.8. The second kappa shape index (κ2) is 12.4. The molecule has 2 amide bonds. The number of carbonyl (C=O) groups is 3. The lowest BCUT2D eigenvalue weighted by molar-refractivity contribution is -0.125. The number of hydrogen-bond donors (Lipinski definition) is 1. The smallest absolute Gasteiger partial charge is 0.265 e. The minimum Gasteiger partial charge on any atom is -0.350 e. The van der Waals surface area contributed by atoms with Crippen LogP contribution in [0.25, 0.3) is 0 Å². The number of halogens is 2. The molecule has 0 bridgehead atoms. The number of carbonyl (C=O) groups excluding carboxylic acids is 3. The number of hydrogen-bond acceptors (Lipinski definition) is 5. The van der Waals surface area contributed by atoms with Crippen molar-refractivity contribution in [3.8, 4) is 0 Å². The normalized spacial score (nSPS) is 19.7. The van der Waals surface area contributed by atoms with Crippen molar-refractivity contribution < 1.29 is 23.2 Å². The number of nitrogens with zero attached hydrogens (tertiary/aromatic N) is 1. The van der Waals surface area contributed by atoms with E-state index in [9.17, 15) is 23.2 Å².